The second-order valence-electron chi connectivity index (χ2n) is 3.78. The van der Waals surface area contributed by atoms with E-state index in [1.807, 2.05) is 12.3 Å². The highest BCUT2D eigenvalue weighted by Gasteiger charge is 2.08. The molecule has 0 radical (unpaired) electrons. The number of nitrogens with two attached hydrogens (primary N) is 1. The van der Waals surface area contributed by atoms with Crippen LogP contribution in [0.3, 0.4) is 0 Å². The third-order valence-corrected chi connectivity index (χ3v) is 3.51. The SMILES string of the molecule is Cc1nc(CNC(=O)c2ccc(N)c(Cl)c2)cs1. The Morgan fingerprint density at radius 1 is 1.56 bits per heavy atom. The van der Waals surface area contributed by atoms with Crippen LogP contribution in [0, 0.1) is 6.92 Å². The van der Waals surface area contributed by atoms with Crippen molar-refractivity contribution in [2.75, 3.05) is 5.73 Å². The molecule has 1 heterocycles. The van der Waals surface area contributed by atoms with Crippen molar-refractivity contribution in [1.29, 1.82) is 0 Å². The summed E-state index contributed by atoms with van der Waals surface area (Å²) in [4.78, 5) is 16.1. The molecule has 0 spiro atoms. The summed E-state index contributed by atoms with van der Waals surface area (Å²) in [6, 6.07) is 4.81. The molecule has 1 aromatic carbocycles. The molecule has 1 amide bonds. The minimum absolute atomic E-state index is 0.192. The van der Waals surface area contributed by atoms with E-state index in [9.17, 15) is 4.79 Å². The van der Waals surface area contributed by atoms with E-state index in [1.165, 1.54) is 0 Å². The van der Waals surface area contributed by atoms with E-state index in [0.717, 1.165) is 10.7 Å². The number of nitrogens with one attached hydrogen (secondary N) is 1. The Bertz CT molecular complexity index is 582. The highest BCUT2D eigenvalue weighted by atomic mass is 35.5. The molecular formula is C12H12ClN3OS. The van der Waals surface area contributed by atoms with Crippen LogP contribution < -0.4 is 11.1 Å². The minimum Gasteiger partial charge on any atom is -0.398 e. The number of aryl methyl sites for hydroxylation is 1. The Morgan fingerprint density at radius 2 is 2.33 bits per heavy atom. The summed E-state index contributed by atoms with van der Waals surface area (Å²) in [5.41, 5.74) is 7.39. The summed E-state index contributed by atoms with van der Waals surface area (Å²) in [6.45, 7) is 2.33. The van der Waals surface area contributed by atoms with E-state index in [1.54, 1.807) is 29.5 Å². The monoisotopic (exact) mass is 281 g/mol. The maximum atomic E-state index is 11.9. The molecule has 0 aliphatic carbocycles. The fourth-order valence-electron chi connectivity index (χ4n) is 1.43. The first-order valence-electron chi connectivity index (χ1n) is 5.30. The molecule has 0 saturated carbocycles. The van der Waals surface area contributed by atoms with Crippen LogP contribution in [0.2, 0.25) is 5.02 Å². The van der Waals surface area contributed by atoms with Gasteiger partial charge in [-0.2, -0.15) is 0 Å². The number of anilines is 1. The van der Waals surface area contributed by atoms with Gasteiger partial charge in [-0.15, -0.1) is 11.3 Å². The average Bonchev–Trinajstić information content (AvgIpc) is 2.75. The predicted molar refractivity (Wildman–Crippen MR) is 73.9 cm³/mol. The van der Waals surface area contributed by atoms with Crippen molar-refractivity contribution < 1.29 is 4.79 Å². The highest BCUT2D eigenvalue weighted by Crippen LogP contribution is 2.19. The lowest BCUT2D eigenvalue weighted by atomic mass is 10.2. The molecular weight excluding hydrogens is 270 g/mol. The van der Waals surface area contributed by atoms with Gasteiger partial charge in [0.1, 0.15) is 0 Å². The zero-order chi connectivity index (χ0) is 13.1. The molecule has 0 unspecified atom stereocenters. The predicted octanol–water partition coefficient (Wildman–Crippen LogP) is 2.62. The van der Waals surface area contributed by atoms with Crippen LogP contribution in [0.25, 0.3) is 0 Å². The van der Waals surface area contributed by atoms with Gasteiger partial charge in [0.25, 0.3) is 5.91 Å². The van der Waals surface area contributed by atoms with Crippen LogP contribution in [-0.4, -0.2) is 10.9 Å². The minimum atomic E-state index is -0.192. The van der Waals surface area contributed by atoms with Gasteiger partial charge in [0.15, 0.2) is 0 Å². The fraction of sp³-hybridized carbons (Fsp3) is 0.167. The van der Waals surface area contributed by atoms with E-state index < -0.39 is 0 Å². The maximum Gasteiger partial charge on any atom is 0.251 e. The Hall–Kier alpha value is -1.59. The van der Waals surface area contributed by atoms with E-state index in [0.29, 0.717) is 22.8 Å². The van der Waals surface area contributed by atoms with Gasteiger partial charge < -0.3 is 11.1 Å². The van der Waals surface area contributed by atoms with Crippen molar-refractivity contribution in [3.63, 3.8) is 0 Å². The van der Waals surface area contributed by atoms with Crippen molar-refractivity contribution in [3.05, 3.63) is 44.9 Å². The van der Waals surface area contributed by atoms with E-state index in [-0.39, 0.29) is 5.91 Å². The summed E-state index contributed by atoms with van der Waals surface area (Å²) in [7, 11) is 0. The van der Waals surface area contributed by atoms with Gasteiger partial charge in [0.2, 0.25) is 0 Å². The van der Waals surface area contributed by atoms with Crippen LogP contribution in [0.4, 0.5) is 5.69 Å². The number of hydrogen-bond acceptors (Lipinski definition) is 4. The first-order chi connectivity index (χ1) is 8.56. The summed E-state index contributed by atoms with van der Waals surface area (Å²) in [6.07, 6.45) is 0. The number of amides is 1. The zero-order valence-corrected chi connectivity index (χ0v) is 11.3. The quantitative estimate of drug-likeness (QED) is 0.850. The molecule has 0 atom stereocenters. The summed E-state index contributed by atoms with van der Waals surface area (Å²) < 4.78 is 0. The Kier molecular flexibility index (Phi) is 3.84. The van der Waals surface area contributed by atoms with E-state index >= 15 is 0 Å². The molecule has 0 saturated heterocycles. The van der Waals surface area contributed by atoms with Gasteiger partial charge >= 0.3 is 0 Å². The van der Waals surface area contributed by atoms with Crippen molar-refractivity contribution in [2.45, 2.75) is 13.5 Å². The van der Waals surface area contributed by atoms with Crippen LogP contribution >= 0.6 is 22.9 Å². The topological polar surface area (TPSA) is 68.0 Å². The van der Waals surface area contributed by atoms with Gasteiger partial charge in [-0.05, 0) is 25.1 Å². The van der Waals surface area contributed by atoms with Crippen molar-refractivity contribution in [2.24, 2.45) is 0 Å². The van der Waals surface area contributed by atoms with Gasteiger partial charge in [-0.3, -0.25) is 4.79 Å². The average molecular weight is 282 g/mol. The number of nitrogens with zero attached hydrogens (tertiary/aromatic N) is 1. The molecule has 0 bridgehead atoms. The molecule has 18 heavy (non-hydrogen) atoms. The number of thiazole rings is 1. The molecule has 0 fully saturated rings. The number of carbonyl (C=O) groups is 1. The van der Waals surface area contributed by atoms with Gasteiger partial charge in [-0.1, -0.05) is 11.6 Å². The zero-order valence-electron chi connectivity index (χ0n) is 9.74. The van der Waals surface area contributed by atoms with Crippen molar-refractivity contribution in [1.82, 2.24) is 10.3 Å². The summed E-state index contributed by atoms with van der Waals surface area (Å²) in [5.74, 6) is -0.192. The third kappa shape index (κ3) is 3.00. The number of rotatable bonds is 3. The molecule has 0 aliphatic heterocycles. The number of aromatic nitrogens is 1. The number of halogens is 1. The molecule has 4 nitrogen and oxygen atoms in total. The first-order valence-corrected chi connectivity index (χ1v) is 6.56. The molecule has 6 heteroatoms. The smallest absolute Gasteiger partial charge is 0.251 e. The largest absolute Gasteiger partial charge is 0.398 e. The third-order valence-electron chi connectivity index (χ3n) is 2.36. The highest BCUT2D eigenvalue weighted by molar-refractivity contribution is 7.09. The molecule has 2 rings (SSSR count). The number of hydrogen-bond donors (Lipinski definition) is 2. The normalized spacial score (nSPS) is 10.3. The lowest BCUT2D eigenvalue weighted by Crippen LogP contribution is -2.23. The maximum absolute atomic E-state index is 11.9. The Labute approximate surface area is 114 Å². The van der Waals surface area contributed by atoms with Gasteiger partial charge in [-0.25, -0.2) is 4.98 Å². The van der Waals surface area contributed by atoms with Crippen molar-refractivity contribution >= 4 is 34.5 Å². The lowest BCUT2D eigenvalue weighted by molar-refractivity contribution is 0.0950. The number of nitrogen functional groups attached to an aromatic ring is 1. The lowest BCUT2D eigenvalue weighted by Gasteiger charge is -2.05. The number of benzene rings is 1. The van der Waals surface area contributed by atoms with E-state index in [2.05, 4.69) is 10.3 Å². The molecule has 3 N–H and O–H groups in total. The van der Waals surface area contributed by atoms with E-state index in [4.69, 9.17) is 17.3 Å². The molecule has 1 aromatic heterocycles. The van der Waals surface area contributed by atoms with Crippen molar-refractivity contribution in [3.8, 4) is 0 Å². The van der Waals surface area contributed by atoms with Gasteiger partial charge in [0.05, 0.1) is 28.0 Å². The first kappa shape index (κ1) is 12.9. The summed E-state index contributed by atoms with van der Waals surface area (Å²) in [5, 5.41) is 6.07. The van der Waals surface area contributed by atoms with Crippen LogP contribution in [0.1, 0.15) is 21.1 Å². The Balaban J connectivity index is 2.01. The standard InChI is InChI=1S/C12H12ClN3OS/c1-7-16-9(6-18-7)5-15-12(17)8-2-3-11(14)10(13)4-8/h2-4,6H,5,14H2,1H3,(H,15,17). The van der Waals surface area contributed by atoms with Crippen LogP contribution in [-0.2, 0) is 6.54 Å². The summed E-state index contributed by atoms with van der Waals surface area (Å²) >= 11 is 7.42. The molecule has 2 aromatic rings. The second kappa shape index (κ2) is 5.37. The molecule has 0 aliphatic rings. The molecule has 94 valence electrons. The second-order valence-corrected chi connectivity index (χ2v) is 5.25. The fourth-order valence-corrected chi connectivity index (χ4v) is 2.22. The Morgan fingerprint density at radius 3 is 2.94 bits per heavy atom. The van der Waals surface area contributed by atoms with Crippen LogP contribution in [0.5, 0.6) is 0 Å². The van der Waals surface area contributed by atoms with Gasteiger partial charge in [0, 0.05) is 10.9 Å². The number of carbonyl (C=O) groups excluding carboxylic acids is 1. The van der Waals surface area contributed by atoms with Crippen LogP contribution in [0.15, 0.2) is 23.6 Å².